The molecule has 0 unspecified atom stereocenters. The van der Waals surface area contributed by atoms with E-state index in [1.165, 1.54) is 87.4 Å². The van der Waals surface area contributed by atoms with Crippen LogP contribution < -0.4 is 4.90 Å². The third-order valence-corrected chi connectivity index (χ3v) is 14.5. The molecule has 1 aliphatic rings. The summed E-state index contributed by atoms with van der Waals surface area (Å²) in [4.78, 5) is 12.0. The summed E-state index contributed by atoms with van der Waals surface area (Å²) in [5.41, 5.74) is 15.7. The number of benzene rings is 11. The molecule has 0 radical (unpaired) electrons. The Labute approximate surface area is 407 Å². The van der Waals surface area contributed by atoms with Crippen molar-refractivity contribution in [3.8, 4) is 33.4 Å². The fraction of sp³-hybridized carbons (Fsp3) is 0.0448. The van der Waals surface area contributed by atoms with E-state index in [4.69, 9.17) is 9.97 Å². The van der Waals surface area contributed by atoms with E-state index in [0.29, 0.717) is 0 Å². The van der Waals surface area contributed by atoms with Crippen molar-refractivity contribution in [2.45, 2.75) is 19.3 Å². The van der Waals surface area contributed by atoms with Crippen molar-refractivity contribution in [3.63, 3.8) is 0 Å². The summed E-state index contributed by atoms with van der Waals surface area (Å²) in [6.45, 7) is 4.68. The Bertz CT molecular complexity index is 4100. The second-order valence-corrected chi connectivity index (χ2v) is 18.9. The van der Waals surface area contributed by atoms with Crippen LogP contribution in [0.2, 0.25) is 0 Å². The van der Waals surface area contributed by atoms with Crippen molar-refractivity contribution >= 4 is 82.0 Å². The average molecular weight is 894 g/mol. The third kappa shape index (κ3) is 6.81. The lowest BCUT2D eigenvalue weighted by Gasteiger charge is -2.25. The second-order valence-electron chi connectivity index (χ2n) is 18.9. The van der Waals surface area contributed by atoms with E-state index in [0.717, 1.165) is 39.0 Å². The summed E-state index contributed by atoms with van der Waals surface area (Å²) in [6.07, 6.45) is 3.80. The van der Waals surface area contributed by atoms with Crippen molar-refractivity contribution in [1.29, 1.82) is 0 Å². The van der Waals surface area contributed by atoms with Crippen molar-refractivity contribution in [1.82, 2.24) is 9.97 Å². The van der Waals surface area contributed by atoms with Gasteiger partial charge in [0.15, 0.2) is 0 Å². The van der Waals surface area contributed by atoms with Gasteiger partial charge in [0.2, 0.25) is 0 Å². The van der Waals surface area contributed by atoms with Crippen LogP contribution >= 0.6 is 0 Å². The van der Waals surface area contributed by atoms with Gasteiger partial charge in [-0.05, 0) is 143 Å². The molecule has 0 spiro atoms. The molecule has 70 heavy (non-hydrogen) atoms. The molecule has 2 heterocycles. The van der Waals surface area contributed by atoms with Crippen LogP contribution in [0.1, 0.15) is 25.0 Å². The van der Waals surface area contributed by atoms with Crippen LogP contribution in [0.15, 0.2) is 249 Å². The van der Waals surface area contributed by atoms with E-state index in [1.807, 2.05) is 24.5 Å². The molecule has 0 saturated heterocycles. The van der Waals surface area contributed by atoms with Crippen LogP contribution in [0, 0.1) is 0 Å². The zero-order chi connectivity index (χ0) is 46.8. The molecule has 11 aromatic carbocycles. The van der Waals surface area contributed by atoms with Crippen LogP contribution in [-0.4, -0.2) is 9.97 Å². The molecular weight excluding hydrogens is 847 g/mol. The largest absolute Gasteiger partial charge is 0.311 e. The summed E-state index contributed by atoms with van der Waals surface area (Å²) in [5, 5.41) is 12.4. The van der Waals surface area contributed by atoms with Gasteiger partial charge in [-0.15, -0.1) is 0 Å². The zero-order valence-corrected chi connectivity index (χ0v) is 39.0. The Hall–Kier alpha value is -8.92. The number of hydrogen-bond donors (Lipinski definition) is 0. The Balaban J connectivity index is 0.000000138. The van der Waals surface area contributed by atoms with E-state index < -0.39 is 0 Å². The first-order valence-corrected chi connectivity index (χ1v) is 24.1. The van der Waals surface area contributed by atoms with Crippen molar-refractivity contribution in [2.24, 2.45) is 0 Å². The molecular formula is C67H47N3. The van der Waals surface area contributed by atoms with Crippen LogP contribution in [0.5, 0.6) is 0 Å². The van der Waals surface area contributed by atoms with Crippen LogP contribution in [0.3, 0.4) is 0 Å². The van der Waals surface area contributed by atoms with E-state index in [9.17, 15) is 0 Å². The van der Waals surface area contributed by atoms with Gasteiger partial charge in [-0.1, -0.05) is 184 Å². The van der Waals surface area contributed by atoms with Gasteiger partial charge in [0.25, 0.3) is 0 Å². The predicted molar refractivity (Wildman–Crippen MR) is 297 cm³/mol. The van der Waals surface area contributed by atoms with Gasteiger partial charge in [0.05, 0.1) is 11.0 Å². The number of anilines is 3. The quantitative estimate of drug-likeness (QED) is 0.127. The van der Waals surface area contributed by atoms with Gasteiger partial charge in [-0.25, -0.2) is 0 Å². The van der Waals surface area contributed by atoms with Crippen LogP contribution in [0.4, 0.5) is 17.1 Å². The molecule has 0 bridgehead atoms. The van der Waals surface area contributed by atoms with Gasteiger partial charge < -0.3 is 4.90 Å². The van der Waals surface area contributed by atoms with E-state index >= 15 is 0 Å². The molecule has 0 amide bonds. The minimum absolute atomic E-state index is 0.0253. The normalized spacial score (nSPS) is 12.5. The number of pyridine rings is 2. The Kier molecular flexibility index (Phi) is 9.85. The van der Waals surface area contributed by atoms with Gasteiger partial charge in [-0.2, -0.15) is 0 Å². The van der Waals surface area contributed by atoms with Gasteiger partial charge in [-0.3, -0.25) is 9.97 Å². The van der Waals surface area contributed by atoms with Crippen LogP contribution in [-0.2, 0) is 5.41 Å². The summed E-state index contributed by atoms with van der Waals surface area (Å²) < 4.78 is 0. The topological polar surface area (TPSA) is 29.0 Å². The number of fused-ring (bicyclic) bond motifs is 11. The summed E-state index contributed by atoms with van der Waals surface area (Å²) >= 11 is 0. The highest BCUT2D eigenvalue weighted by Crippen LogP contribution is 2.51. The van der Waals surface area contributed by atoms with Crippen molar-refractivity contribution in [3.05, 3.63) is 260 Å². The van der Waals surface area contributed by atoms with Gasteiger partial charge >= 0.3 is 0 Å². The highest BCUT2D eigenvalue weighted by atomic mass is 15.1. The molecule has 0 fully saturated rings. The molecule has 2 aromatic heterocycles. The first-order valence-electron chi connectivity index (χ1n) is 24.1. The monoisotopic (exact) mass is 893 g/mol. The van der Waals surface area contributed by atoms with Gasteiger partial charge in [0.1, 0.15) is 0 Å². The average Bonchev–Trinajstić information content (AvgIpc) is 3.65. The molecule has 3 nitrogen and oxygen atoms in total. The highest BCUT2D eigenvalue weighted by Gasteiger charge is 2.35. The fourth-order valence-electron chi connectivity index (χ4n) is 11.2. The van der Waals surface area contributed by atoms with Gasteiger partial charge in [0, 0.05) is 56.8 Å². The highest BCUT2D eigenvalue weighted by molar-refractivity contribution is 6.20. The summed E-state index contributed by atoms with van der Waals surface area (Å²) in [5.74, 6) is 0. The first kappa shape index (κ1) is 41.3. The Morgan fingerprint density at radius 2 is 0.771 bits per heavy atom. The van der Waals surface area contributed by atoms with Crippen molar-refractivity contribution < 1.29 is 0 Å². The fourth-order valence-corrected chi connectivity index (χ4v) is 11.2. The molecule has 0 atom stereocenters. The minimum atomic E-state index is -0.0253. The molecule has 0 saturated carbocycles. The lowest BCUT2D eigenvalue weighted by molar-refractivity contribution is 0.660. The number of aromatic nitrogens is 2. The molecule has 330 valence electrons. The molecule has 13 aromatic rings. The molecule has 14 rings (SSSR count). The van der Waals surface area contributed by atoms with E-state index in [2.05, 4.69) is 243 Å². The maximum Gasteiger partial charge on any atom is 0.0786 e. The second kappa shape index (κ2) is 16.7. The smallest absolute Gasteiger partial charge is 0.0786 e. The van der Waals surface area contributed by atoms with E-state index in [1.54, 1.807) is 0 Å². The molecule has 0 N–H and O–H groups in total. The number of nitrogens with zero attached hydrogens (tertiary/aromatic N) is 3. The lowest BCUT2D eigenvalue weighted by atomic mass is 9.81. The first-order chi connectivity index (χ1) is 34.5. The maximum absolute atomic E-state index is 4.86. The minimum Gasteiger partial charge on any atom is -0.311 e. The maximum atomic E-state index is 4.86. The molecule has 3 heteroatoms. The van der Waals surface area contributed by atoms with Crippen molar-refractivity contribution in [2.75, 3.05) is 4.90 Å². The Morgan fingerprint density at radius 1 is 0.314 bits per heavy atom. The van der Waals surface area contributed by atoms with Crippen LogP contribution in [0.25, 0.3) is 98.3 Å². The van der Waals surface area contributed by atoms with E-state index in [-0.39, 0.29) is 5.41 Å². The predicted octanol–water partition coefficient (Wildman–Crippen LogP) is 18.2. The summed E-state index contributed by atoms with van der Waals surface area (Å²) in [7, 11) is 0. The Morgan fingerprint density at radius 3 is 1.36 bits per heavy atom. The molecule has 0 aliphatic heterocycles. The lowest BCUT2D eigenvalue weighted by Crippen LogP contribution is -2.14. The third-order valence-electron chi connectivity index (χ3n) is 14.5. The number of para-hydroxylation sites is 2. The molecule has 1 aliphatic carbocycles. The zero-order valence-electron chi connectivity index (χ0n) is 39.0. The summed E-state index contributed by atoms with van der Waals surface area (Å²) in [6, 6.07) is 85.0. The number of hydrogen-bond acceptors (Lipinski definition) is 3. The number of rotatable bonds is 5. The SMILES string of the molecule is CC1(C)c2ccccc2-c2ccc(-c3c4ccc5ccccc5c4cc4cccnc34)cc21.c1ccc(N(c2ccccc2)c2ccc(-c3c4ccc5ccccc5c4cc4cccnc34)cc2)cc1. The standard InChI is InChI=1S/C35H24N2.C32H23N/c1-3-12-28(13-4-1)37(29-14-5-2-6-15-29)30-20-17-26(18-21-30)34-32-22-19-25-10-7-8-16-31(25)33(32)24-27-11-9-23-36-35(27)34;1-32(2)28-12-6-5-11-24(28)25-15-14-21(19-29(25)32)30-26-16-13-20-8-3-4-10-23(20)27(26)18-22-9-7-17-33-31(22)30/h1-24H;3-19H,1-2H3.